The molecule has 1 saturated carbocycles. The SMILES string of the molecule is COc1c(F)c(F)cc2c(=O)c(C([C]=O)[N+](=O)[O-])cn(C3CC3)c12. The Balaban J connectivity index is 2.46. The van der Waals surface area contributed by atoms with E-state index < -0.39 is 39.3 Å². The Morgan fingerprint density at radius 1 is 1.46 bits per heavy atom. The topological polar surface area (TPSA) is 91.4 Å². The zero-order chi connectivity index (χ0) is 17.6. The zero-order valence-corrected chi connectivity index (χ0v) is 12.4. The van der Waals surface area contributed by atoms with Crippen LogP contribution in [0.25, 0.3) is 10.9 Å². The molecule has 125 valence electrons. The number of fused-ring (bicyclic) bond motifs is 1. The number of rotatable bonds is 5. The van der Waals surface area contributed by atoms with Gasteiger partial charge in [-0.2, -0.15) is 4.39 Å². The molecule has 3 rings (SSSR count). The minimum absolute atomic E-state index is 0.0145. The van der Waals surface area contributed by atoms with Crippen LogP contribution < -0.4 is 10.2 Å². The molecule has 1 aromatic heterocycles. The molecule has 24 heavy (non-hydrogen) atoms. The first kappa shape index (κ1) is 16.0. The Bertz CT molecular complexity index is 920. The van der Waals surface area contributed by atoms with Crippen molar-refractivity contribution < 1.29 is 23.2 Å². The molecule has 2 aromatic rings. The molecular weight excluding hydrogens is 326 g/mol. The van der Waals surface area contributed by atoms with Crippen LogP contribution in [-0.2, 0) is 4.79 Å². The number of nitro groups is 1. The van der Waals surface area contributed by atoms with Gasteiger partial charge in [0.1, 0.15) is 0 Å². The van der Waals surface area contributed by atoms with E-state index in [9.17, 15) is 28.5 Å². The smallest absolute Gasteiger partial charge is 0.308 e. The molecule has 1 aromatic carbocycles. The maximum absolute atomic E-state index is 14.0. The van der Waals surface area contributed by atoms with Crippen LogP contribution in [0.5, 0.6) is 5.75 Å². The van der Waals surface area contributed by atoms with Crippen LogP contribution in [0.3, 0.4) is 0 Å². The van der Waals surface area contributed by atoms with E-state index in [0.29, 0.717) is 18.9 Å². The average molecular weight is 337 g/mol. The second kappa shape index (κ2) is 5.66. The van der Waals surface area contributed by atoms with E-state index in [1.165, 1.54) is 10.9 Å². The van der Waals surface area contributed by atoms with Gasteiger partial charge in [0.2, 0.25) is 5.82 Å². The molecule has 7 nitrogen and oxygen atoms in total. The van der Waals surface area contributed by atoms with Crippen molar-refractivity contribution in [3.05, 3.63) is 49.8 Å². The second-order valence-corrected chi connectivity index (χ2v) is 5.46. The number of pyridine rings is 1. The molecule has 0 bridgehead atoms. The summed E-state index contributed by atoms with van der Waals surface area (Å²) in [6.45, 7) is 0. The molecule has 0 aliphatic heterocycles. The lowest BCUT2D eigenvalue weighted by molar-refractivity contribution is -0.508. The molecule has 1 heterocycles. The van der Waals surface area contributed by atoms with Crippen molar-refractivity contribution in [2.24, 2.45) is 0 Å². The summed E-state index contributed by atoms with van der Waals surface area (Å²) in [5, 5.41) is 10.7. The standard InChI is InChI=1S/C15H11F2N2O5/c1-24-15-12(17)10(16)4-8-13(15)18(7-2-3-7)5-9(14(8)21)11(6-20)19(22)23/h4-5,7,11H,2-3H2,1H3. The van der Waals surface area contributed by atoms with Crippen molar-refractivity contribution in [3.63, 3.8) is 0 Å². The van der Waals surface area contributed by atoms with E-state index >= 15 is 0 Å². The van der Waals surface area contributed by atoms with Crippen LogP contribution >= 0.6 is 0 Å². The molecule has 1 fully saturated rings. The van der Waals surface area contributed by atoms with Crippen LogP contribution in [0, 0.1) is 21.7 Å². The van der Waals surface area contributed by atoms with Crippen molar-refractivity contribution in [3.8, 4) is 5.75 Å². The Morgan fingerprint density at radius 3 is 2.62 bits per heavy atom. The van der Waals surface area contributed by atoms with Crippen molar-refractivity contribution in [1.29, 1.82) is 0 Å². The van der Waals surface area contributed by atoms with E-state index in [1.54, 1.807) is 0 Å². The number of carbonyl (C=O) groups excluding carboxylic acids is 1. The van der Waals surface area contributed by atoms with Gasteiger partial charge < -0.3 is 9.30 Å². The maximum atomic E-state index is 14.0. The molecule has 1 aliphatic carbocycles. The van der Waals surface area contributed by atoms with E-state index in [4.69, 9.17) is 4.74 Å². The summed E-state index contributed by atoms with van der Waals surface area (Å²) in [5.74, 6) is -3.02. The fourth-order valence-corrected chi connectivity index (χ4v) is 2.69. The van der Waals surface area contributed by atoms with Crippen molar-refractivity contribution in [2.75, 3.05) is 7.11 Å². The van der Waals surface area contributed by atoms with Crippen LogP contribution in [0.1, 0.15) is 30.5 Å². The lowest BCUT2D eigenvalue weighted by atomic mass is 10.1. The van der Waals surface area contributed by atoms with Crippen molar-refractivity contribution in [2.45, 2.75) is 24.9 Å². The highest BCUT2D eigenvalue weighted by Gasteiger charge is 2.33. The van der Waals surface area contributed by atoms with Crippen LogP contribution in [-0.4, -0.2) is 22.9 Å². The number of hydrogen-bond donors (Lipinski definition) is 0. The Labute approximate surface area is 133 Å². The summed E-state index contributed by atoms with van der Waals surface area (Å²) in [7, 11) is 1.13. The molecule has 1 unspecified atom stereocenters. The Hall–Kier alpha value is -2.84. The third-order valence-electron chi connectivity index (χ3n) is 3.95. The quantitative estimate of drug-likeness (QED) is 0.615. The maximum Gasteiger partial charge on any atom is 0.308 e. The summed E-state index contributed by atoms with van der Waals surface area (Å²) >= 11 is 0. The second-order valence-electron chi connectivity index (χ2n) is 5.46. The largest absolute Gasteiger partial charge is 0.491 e. The third-order valence-corrected chi connectivity index (χ3v) is 3.95. The molecular formula is C15H11F2N2O5. The molecule has 0 saturated heterocycles. The monoisotopic (exact) mass is 337 g/mol. The van der Waals surface area contributed by atoms with Gasteiger partial charge in [0.05, 0.1) is 23.6 Å². The fourth-order valence-electron chi connectivity index (χ4n) is 2.69. The van der Waals surface area contributed by atoms with Gasteiger partial charge in [0.25, 0.3) is 6.29 Å². The zero-order valence-electron chi connectivity index (χ0n) is 12.4. The molecule has 0 amide bonds. The Morgan fingerprint density at radius 2 is 2.12 bits per heavy atom. The van der Waals surface area contributed by atoms with E-state index in [1.807, 2.05) is 0 Å². The summed E-state index contributed by atoms with van der Waals surface area (Å²) in [6.07, 6.45) is 3.75. The third kappa shape index (κ3) is 2.32. The lowest BCUT2D eigenvalue weighted by Crippen LogP contribution is -2.23. The first-order valence-electron chi connectivity index (χ1n) is 7.02. The average Bonchev–Trinajstić information content (AvgIpc) is 3.36. The number of methoxy groups -OCH3 is 1. The predicted molar refractivity (Wildman–Crippen MR) is 78.4 cm³/mol. The van der Waals surface area contributed by atoms with Gasteiger partial charge in [0.15, 0.2) is 17.0 Å². The van der Waals surface area contributed by atoms with E-state index in [-0.39, 0.29) is 16.9 Å². The number of hydrogen-bond acceptors (Lipinski definition) is 5. The van der Waals surface area contributed by atoms with Crippen molar-refractivity contribution in [1.82, 2.24) is 4.57 Å². The number of benzene rings is 1. The number of ether oxygens (including phenoxy) is 1. The highest BCUT2D eigenvalue weighted by molar-refractivity contribution is 5.86. The molecule has 0 spiro atoms. The molecule has 1 radical (unpaired) electrons. The van der Waals surface area contributed by atoms with Gasteiger partial charge in [-0.25, -0.2) is 4.39 Å². The molecule has 1 atom stereocenters. The minimum Gasteiger partial charge on any atom is -0.491 e. The highest BCUT2D eigenvalue weighted by Crippen LogP contribution is 2.40. The normalized spacial score (nSPS) is 15.3. The number of halogens is 2. The first-order valence-corrected chi connectivity index (χ1v) is 7.02. The predicted octanol–water partition coefficient (Wildman–Crippen LogP) is 2.05. The van der Waals surface area contributed by atoms with Gasteiger partial charge in [-0.05, 0) is 18.9 Å². The summed E-state index contributed by atoms with van der Waals surface area (Å²) in [6, 6.07) is -1.46. The van der Waals surface area contributed by atoms with Gasteiger partial charge in [-0.15, -0.1) is 0 Å². The van der Waals surface area contributed by atoms with Gasteiger partial charge >= 0.3 is 6.04 Å². The first-order chi connectivity index (χ1) is 11.4. The van der Waals surface area contributed by atoms with Gasteiger partial charge in [0, 0.05) is 17.2 Å². The summed E-state index contributed by atoms with van der Waals surface area (Å²) in [4.78, 5) is 33.5. The minimum atomic E-state index is -1.99. The van der Waals surface area contributed by atoms with Gasteiger partial charge in [-0.1, -0.05) is 0 Å². The summed E-state index contributed by atoms with van der Waals surface area (Å²) in [5.41, 5.74) is -1.35. The van der Waals surface area contributed by atoms with Gasteiger partial charge in [-0.3, -0.25) is 19.7 Å². The number of aromatic nitrogens is 1. The molecule has 0 N–H and O–H groups in total. The van der Waals surface area contributed by atoms with E-state index in [0.717, 1.165) is 13.3 Å². The lowest BCUT2D eigenvalue weighted by Gasteiger charge is -2.16. The van der Waals surface area contributed by atoms with E-state index in [2.05, 4.69) is 0 Å². The molecule has 9 heteroatoms. The van der Waals surface area contributed by atoms with Crippen LogP contribution in [0.2, 0.25) is 0 Å². The Kier molecular flexibility index (Phi) is 3.78. The molecule has 1 aliphatic rings. The highest BCUT2D eigenvalue weighted by atomic mass is 19.2. The summed E-state index contributed by atoms with van der Waals surface area (Å²) < 4.78 is 34.1. The van der Waals surface area contributed by atoms with Crippen LogP contribution in [0.15, 0.2) is 17.1 Å². The number of nitrogens with zero attached hydrogens (tertiary/aromatic N) is 2. The van der Waals surface area contributed by atoms with Crippen LogP contribution in [0.4, 0.5) is 8.78 Å². The fraction of sp³-hybridized carbons (Fsp3) is 0.333. The van der Waals surface area contributed by atoms with Crippen molar-refractivity contribution >= 4 is 17.2 Å².